The van der Waals surface area contributed by atoms with Crippen LogP contribution in [0.3, 0.4) is 0 Å². The normalized spacial score (nSPS) is 17.2. The number of sulfonamides is 1. The molecular weight excluding hydrogens is 551 g/mol. The first kappa shape index (κ1) is 28.4. The zero-order valence-corrected chi connectivity index (χ0v) is 22.8. The lowest BCUT2D eigenvalue weighted by Gasteiger charge is -2.39. The second-order valence-corrected chi connectivity index (χ2v) is 12.6. The van der Waals surface area contributed by atoms with E-state index in [1.54, 1.807) is 32.0 Å². The van der Waals surface area contributed by atoms with E-state index in [-0.39, 0.29) is 36.1 Å². The SMILES string of the molecule is CC(C)Oc1ccc(-c2ccc3c(c2)C2(CCN(S(=O)(=O)Cc4ccc(F)cc4F)CC2)CN3)c(C(F)(F)F)c1. The van der Waals surface area contributed by atoms with E-state index in [9.17, 15) is 30.4 Å². The van der Waals surface area contributed by atoms with Gasteiger partial charge in [0.2, 0.25) is 10.0 Å². The fourth-order valence-electron chi connectivity index (χ4n) is 5.58. The smallest absolute Gasteiger partial charge is 0.417 e. The van der Waals surface area contributed by atoms with Crippen LogP contribution in [-0.4, -0.2) is 38.5 Å². The van der Waals surface area contributed by atoms with E-state index in [4.69, 9.17) is 4.74 Å². The molecule has 0 bridgehead atoms. The Labute approximate surface area is 230 Å². The average Bonchev–Trinajstić information content (AvgIpc) is 3.22. The minimum atomic E-state index is -4.59. The van der Waals surface area contributed by atoms with Gasteiger partial charge in [0.25, 0.3) is 0 Å². The summed E-state index contributed by atoms with van der Waals surface area (Å²) in [5.41, 5.74) is 0.743. The predicted octanol–water partition coefficient (Wildman–Crippen LogP) is 6.73. The summed E-state index contributed by atoms with van der Waals surface area (Å²) < 4.78 is 102. The largest absolute Gasteiger partial charge is 0.491 e. The van der Waals surface area contributed by atoms with Gasteiger partial charge in [-0.2, -0.15) is 13.2 Å². The van der Waals surface area contributed by atoms with E-state index in [1.165, 1.54) is 16.4 Å². The van der Waals surface area contributed by atoms with Gasteiger partial charge in [-0.1, -0.05) is 18.2 Å². The number of halogens is 5. The standard InChI is InChI=1S/C29H29F5N2O3S/c1-18(2)39-22-6-7-23(24(15-22)29(32,33)34)19-4-8-27-25(13-19)28(17-35-27)9-11-36(12-10-28)40(37,38)16-20-3-5-21(30)14-26(20)31/h3-8,13-15,18,35H,9-12,16-17H2,1-2H3. The van der Waals surface area contributed by atoms with Gasteiger partial charge in [-0.25, -0.2) is 21.5 Å². The summed E-state index contributed by atoms with van der Waals surface area (Å²) in [5.74, 6) is -2.14. The number of alkyl halides is 3. The summed E-state index contributed by atoms with van der Waals surface area (Å²) in [7, 11) is -3.87. The van der Waals surface area contributed by atoms with Crippen LogP contribution >= 0.6 is 0 Å². The van der Waals surface area contributed by atoms with E-state index < -0.39 is 44.6 Å². The Morgan fingerprint density at radius 1 is 1.00 bits per heavy atom. The highest BCUT2D eigenvalue weighted by Gasteiger charge is 2.44. The highest BCUT2D eigenvalue weighted by atomic mass is 32.2. The average molecular weight is 581 g/mol. The molecule has 2 heterocycles. The Bertz CT molecular complexity index is 1530. The van der Waals surface area contributed by atoms with E-state index in [1.807, 2.05) is 0 Å². The van der Waals surface area contributed by atoms with Crippen molar-refractivity contribution in [2.24, 2.45) is 0 Å². The predicted molar refractivity (Wildman–Crippen MR) is 143 cm³/mol. The maximum Gasteiger partial charge on any atom is 0.417 e. The molecule has 2 aliphatic heterocycles. The minimum absolute atomic E-state index is 0.0368. The highest BCUT2D eigenvalue weighted by molar-refractivity contribution is 7.88. The summed E-state index contributed by atoms with van der Waals surface area (Å²) >= 11 is 0. The summed E-state index contributed by atoms with van der Waals surface area (Å²) in [4.78, 5) is 0. The lowest BCUT2D eigenvalue weighted by molar-refractivity contribution is -0.137. The Balaban J connectivity index is 1.40. The Kier molecular flexibility index (Phi) is 7.33. The summed E-state index contributed by atoms with van der Waals surface area (Å²) in [6.45, 7) is 4.36. The van der Waals surface area contributed by atoms with Crippen molar-refractivity contribution in [1.82, 2.24) is 4.31 Å². The number of hydrogen-bond acceptors (Lipinski definition) is 4. The molecule has 0 saturated carbocycles. The van der Waals surface area contributed by atoms with Crippen LogP contribution in [-0.2, 0) is 27.4 Å². The van der Waals surface area contributed by atoms with Gasteiger partial charge in [0.1, 0.15) is 17.4 Å². The second-order valence-electron chi connectivity index (χ2n) is 10.7. The molecule has 5 nitrogen and oxygen atoms in total. The van der Waals surface area contributed by atoms with Crippen LogP contribution in [0.1, 0.15) is 43.4 Å². The van der Waals surface area contributed by atoms with Crippen LogP contribution in [0.2, 0.25) is 0 Å². The first-order valence-electron chi connectivity index (χ1n) is 13.0. The molecule has 40 heavy (non-hydrogen) atoms. The molecule has 3 aromatic rings. The molecule has 1 fully saturated rings. The molecule has 214 valence electrons. The van der Waals surface area contributed by atoms with Gasteiger partial charge in [-0.15, -0.1) is 0 Å². The lowest BCUT2D eigenvalue weighted by Crippen LogP contribution is -2.46. The van der Waals surface area contributed by atoms with E-state index in [2.05, 4.69) is 5.32 Å². The molecule has 0 amide bonds. The molecule has 1 saturated heterocycles. The van der Waals surface area contributed by atoms with Crippen molar-refractivity contribution in [3.05, 3.63) is 82.9 Å². The number of nitrogens with zero attached hydrogens (tertiary/aromatic N) is 1. The zero-order chi connectivity index (χ0) is 28.9. The first-order chi connectivity index (χ1) is 18.8. The molecule has 0 aliphatic carbocycles. The number of piperidine rings is 1. The maximum absolute atomic E-state index is 14.1. The van der Waals surface area contributed by atoms with E-state index in [0.29, 0.717) is 31.0 Å². The molecule has 0 unspecified atom stereocenters. The molecule has 0 radical (unpaired) electrons. The van der Waals surface area contributed by atoms with Gasteiger partial charge in [0, 0.05) is 42.4 Å². The van der Waals surface area contributed by atoms with Crippen molar-refractivity contribution in [2.45, 2.75) is 50.1 Å². The Hall–Kier alpha value is -3.18. The van der Waals surface area contributed by atoms with Gasteiger partial charge in [0.15, 0.2) is 0 Å². The van der Waals surface area contributed by atoms with Crippen molar-refractivity contribution in [2.75, 3.05) is 25.0 Å². The molecule has 3 aromatic carbocycles. The molecule has 1 N–H and O–H groups in total. The van der Waals surface area contributed by atoms with Crippen molar-refractivity contribution in [3.63, 3.8) is 0 Å². The summed E-state index contributed by atoms with van der Waals surface area (Å²) in [5, 5.41) is 3.33. The fourth-order valence-corrected chi connectivity index (χ4v) is 7.13. The van der Waals surface area contributed by atoms with E-state index in [0.717, 1.165) is 29.4 Å². The Morgan fingerprint density at radius 2 is 1.73 bits per heavy atom. The van der Waals surface area contributed by atoms with Gasteiger partial charge in [0.05, 0.1) is 17.4 Å². The van der Waals surface area contributed by atoms with Crippen molar-refractivity contribution < 1.29 is 35.1 Å². The van der Waals surface area contributed by atoms with Gasteiger partial charge in [-0.05, 0) is 73.7 Å². The maximum atomic E-state index is 14.1. The van der Waals surface area contributed by atoms with Gasteiger partial charge >= 0.3 is 6.18 Å². The number of anilines is 1. The molecule has 2 aliphatic rings. The van der Waals surface area contributed by atoms with Crippen molar-refractivity contribution >= 4 is 15.7 Å². The highest BCUT2D eigenvalue weighted by Crippen LogP contribution is 2.47. The topological polar surface area (TPSA) is 58.6 Å². The van der Waals surface area contributed by atoms with Crippen LogP contribution in [0.4, 0.5) is 27.6 Å². The molecule has 11 heteroatoms. The Morgan fingerprint density at radius 3 is 2.38 bits per heavy atom. The molecular formula is C29H29F5N2O3S. The zero-order valence-electron chi connectivity index (χ0n) is 22.0. The molecule has 5 rings (SSSR count). The molecule has 1 spiro atoms. The fraction of sp³-hybridized carbons (Fsp3) is 0.379. The van der Waals surface area contributed by atoms with Crippen LogP contribution in [0, 0.1) is 11.6 Å². The number of hydrogen-bond donors (Lipinski definition) is 1. The van der Waals surface area contributed by atoms with E-state index >= 15 is 0 Å². The molecule has 0 aromatic heterocycles. The van der Waals surface area contributed by atoms with Gasteiger partial charge < -0.3 is 10.1 Å². The van der Waals surface area contributed by atoms with Crippen molar-refractivity contribution in [1.29, 1.82) is 0 Å². The summed E-state index contributed by atoms with van der Waals surface area (Å²) in [6, 6.07) is 11.9. The number of ether oxygens (including phenoxy) is 1. The van der Waals surface area contributed by atoms with Crippen LogP contribution in [0.25, 0.3) is 11.1 Å². The third-order valence-corrected chi connectivity index (χ3v) is 9.44. The number of rotatable bonds is 6. The molecule has 0 atom stereocenters. The quantitative estimate of drug-likeness (QED) is 0.329. The number of fused-ring (bicyclic) bond motifs is 2. The first-order valence-corrected chi connectivity index (χ1v) is 14.6. The monoisotopic (exact) mass is 580 g/mol. The van der Waals surface area contributed by atoms with Gasteiger partial charge in [-0.3, -0.25) is 0 Å². The van der Waals surface area contributed by atoms with Crippen molar-refractivity contribution in [3.8, 4) is 16.9 Å². The summed E-state index contributed by atoms with van der Waals surface area (Å²) in [6.07, 6.45) is -3.99. The van der Waals surface area contributed by atoms with Crippen LogP contribution in [0.5, 0.6) is 5.75 Å². The number of benzene rings is 3. The van der Waals surface area contributed by atoms with Crippen LogP contribution < -0.4 is 10.1 Å². The third-order valence-electron chi connectivity index (χ3n) is 7.61. The van der Waals surface area contributed by atoms with Crippen LogP contribution in [0.15, 0.2) is 54.6 Å². The lowest BCUT2D eigenvalue weighted by atomic mass is 9.74. The minimum Gasteiger partial charge on any atom is -0.491 e. The number of nitrogens with one attached hydrogen (secondary N) is 1. The third kappa shape index (κ3) is 5.54. The second kappa shape index (κ2) is 10.3.